The van der Waals surface area contributed by atoms with Gasteiger partial charge in [0.2, 0.25) is 11.8 Å². The van der Waals surface area contributed by atoms with Crippen molar-refractivity contribution in [3.63, 3.8) is 0 Å². The summed E-state index contributed by atoms with van der Waals surface area (Å²) < 4.78 is 5.34. The summed E-state index contributed by atoms with van der Waals surface area (Å²) in [5.41, 5.74) is 2.19. The molecule has 0 aromatic heterocycles. The lowest BCUT2D eigenvalue weighted by Gasteiger charge is -2.34. The predicted octanol–water partition coefficient (Wildman–Crippen LogP) is 1.74. The lowest BCUT2D eigenvalue weighted by atomic mass is 10.1. The lowest BCUT2D eigenvalue weighted by molar-refractivity contribution is -0.134. The molecule has 0 aliphatic carbocycles. The van der Waals surface area contributed by atoms with Crippen LogP contribution in [0.5, 0.6) is 5.75 Å². The largest absolute Gasteiger partial charge is 0.496 e. The fourth-order valence-corrected chi connectivity index (χ4v) is 3.49. The van der Waals surface area contributed by atoms with Gasteiger partial charge in [0, 0.05) is 26.2 Å². The molecule has 1 saturated heterocycles. The van der Waals surface area contributed by atoms with E-state index in [4.69, 9.17) is 4.74 Å². The molecule has 6 nitrogen and oxygen atoms in total. The summed E-state index contributed by atoms with van der Waals surface area (Å²) >= 11 is 0. The second kappa shape index (κ2) is 9.90. The Labute approximate surface area is 165 Å². The Bertz CT molecular complexity index is 795. The van der Waals surface area contributed by atoms with Crippen LogP contribution in [0.15, 0.2) is 54.6 Å². The van der Waals surface area contributed by atoms with Gasteiger partial charge < -0.3 is 15.4 Å². The maximum absolute atomic E-state index is 12.5. The van der Waals surface area contributed by atoms with Crippen molar-refractivity contribution in [1.82, 2.24) is 15.5 Å². The molecule has 148 valence electrons. The van der Waals surface area contributed by atoms with Gasteiger partial charge in [-0.2, -0.15) is 0 Å². The smallest absolute Gasteiger partial charge is 0.237 e. The fraction of sp³-hybridized carbons (Fsp3) is 0.364. The Morgan fingerprint density at radius 3 is 2.71 bits per heavy atom. The highest BCUT2D eigenvalue weighted by molar-refractivity contribution is 5.88. The van der Waals surface area contributed by atoms with Crippen LogP contribution in [0, 0.1) is 0 Å². The molecule has 2 aromatic rings. The summed E-state index contributed by atoms with van der Waals surface area (Å²) in [6.45, 7) is 2.51. The number of rotatable bonds is 8. The van der Waals surface area contributed by atoms with Crippen molar-refractivity contribution < 1.29 is 14.3 Å². The van der Waals surface area contributed by atoms with Gasteiger partial charge in [0.25, 0.3) is 0 Å². The van der Waals surface area contributed by atoms with Gasteiger partial charge in [-0.05, 0) is 23.6 Å². The maximum Gasteiger partial charge on any atom is 0.237 e. The van der Waals surface area contributed by atoms with Crippen molar-refractivity contribution in [3.8, 4) is 5.75 Å². The number of nitrogens with zero attached hydrogens (tertiary/aromatic N) is 1. The number of para-hydroxylation sites is 1. The molecule has 2 aromatic carbocycles. The van der Waals surface area contributed by atoms with E-state index in [9.17, 15) is 9.59 Å². The highest BCUT2D eigenvalue weighted by Crippen LogP contribution is 2.17. The summed E-state index contributed by atoms with van der Waals surface area (Å²) in [4.78, 5) is 26.9. The molecule has 0 spiro atoms. The van der Waals surface area contributed by atoms with E-state index < -0.39 is 6.04 Å². The standard InChI is InChI=1S/C22H27N3O3/c1-28-20-10-6-5-9-18(20)11-12-23-21(26)15-19-22(27)24-13-14-25(19)16-17-7-3-2-4-8-17/h2-10,19H,11-16H2,1H3,(H,23,26)(H,24,27). The first-order chi connectivity index (χ1) is 13.7. The van der Waals surface area contributed by atoms with Gasteiger partial charge in [0.05, 0.1) is 19.6 Å². The molecule has 1 aliphatic heterocycles. The summed E-state index contributed by atoms with van der Waals surface area (Å²) in [6, 6.07) is 17.3. The fourth-order valence-electron chi connectivity index (χ4n) is 3.49. The molecule has 1 heterocycles. The van der Waals surface area contributed by atoms with E-state index in [1.807, 2.05) is 54.6 Å². The average Bonchev–Trinajstić information content (AvgIpc) is 2.72. The molecule has 3 rings (SSSR count). The number of piperazine rings is 1. The van der Waals surface area contributed by atoms with Crippen LogP contribution in [0.3, 0.4) is 0 Å². The molecule has 2 amide bonds. The van der Waals surface area contributed by atoms with Gasteiger partial charge in [0.15, 0.2) is 0 Å². The number of hydrogen-bond donors (Lipinski definition) is 2. The van der Waals surface area contributed by atoms with Crippen LogP contribution in [0.4, 0.5) is 0 Å². The van der Waals surface area contributed by atoms with Crippen molar-refractivity contribution in [2.45, 2.75) is 25.4 Å². The minimum absolute atomic E-state index is 0.0814. The summed E-state index contributed by atoms with van der Waals surface area (Å²) in [6.07, 6.45) is 0.838. The van der Waals surface area contributed by atoms with Crippen LogP contribution < -0.4 is 15.4 Å². The first-order valence-electron chi connectivity index (χ1n) is 9.61. The van der Waals surface area contributed by atoms with Gasteiger partial charge in [-0.3, -0.25) is 14.5 Å². The molecule has 1 aliphatic rings. The second-order valence-electron chi connectivity index (χ2n) is 6.88. The minimum Gasteiger partial charge on any atom is -0.496 e. The van der Waals surface area contributed by atoms with E-state index >= 15 is 0 Å². The number of hydrogen-bond acceptors (Lipinski definition) is 4. The Hall–Kier alpha value is -2.86. The molecule has 0 saturated carbocycles. The maximum atomic E-state index is 12.5. The number of benzene rings is 2. The predicted molar refractivity (Wildman–Crippen MR) is 108 cm³/mol. The molecule has 1 unspecified atom stereocenters. The number of methoxy groups -OCH3 is 1. The van der Waals surface area contributed by atoms with E-state index in [0.29, 0.717) is 26.1 Å². The zero-order valence-corrected chi connectivity index (χ0v) is 16.2. The molecular formula is C22H27N3O3. The van der Waals surface area contributed by atoms with Gasteiger partial charge in [-0.15, -0.1) is 0 Å². The first kappa shape index (κ1) is 19.9. The first-order valence-corrected chi connectivity index (χ1v) is 9.61. The van der Waals surface area contributed by atoms with Crippen molar-refractivity contribution in [2.24, 2.45) is 0 Å². The van der Waals surface area contributed by atoms with Crippen molar-refractivity contribution in [3.05, 3.63) is 65.7 Å². The molecular weight excluding hydrogens is 354 g/mol. The van der Waals surface area contributed by atoms with E-state index in [1.54, 1.807) is 7.11 Å². The van der Waals surface area contributed by atoms with E-state index in [0.717, 1.165) is 23.4 Å². The molecule has 0 radical (unpaired) electrons. The number of ether oxygens (including phenoxy) is 1. The molecule has 6 heteroatoms. The third-order valence-corrected chi connectivity index (χ3v) is 4.96. The van der Waals surface area contributed by atoms with Crippen LogP contribution in [-0.2, 0) is 22.6 Å². The summed E-state index contributed by atoms with van der Waals surface area (Å²) in [5.74, 6) is 0.620. The van der Waals surface area contributed by atoms with Crippen LogP contribution in [0.2, 0.25) is 0 Å². The monoisotopic (exact) mass is 381 g/mol. The summed E-state index contributed by atoms with van der Waals surface area (Å²) in [7, 11) is 1.64. The zero-order chi connectivity index (χ0) is 19.8. The van der Waals surface area contributed by atoms with E-state index in [1.165, 1.54) is 0 Å². The third-order valence-electron chi connectivity index (χ3n) is 4.96. The quantitative estimate of drug-likeness (QED) is 0.731. The Morgan fingerprint density at radius 2 is 1.93 bits per heavy atom. The molecule has 0 bridgehead atoms. The van der Waals surface area contributed by atoms with Gasteiger partial charge in [-0.1, -0.05) is 48.5 Å². The van der Waals surface area contributed by atoms with Crippen molar-refractivity contribution in [1.29, 1.82) is 0 Å². The highest BCUT2D eigenvalue weighted by Gasteiger charge is 2.31. The Balaban J connectivity index is 1.53. The lowest BCUT2D eigenvalue weighted by Crippen LogP contribution is -2.56. The van der Waals surface area contributed by atoms with Crippen LogP contribution in [0.25, 0.3) is 0 Å². The highest BCUT2D eigenvalue weighted by atomic mass is 16.5. The van der Waals surface area contributed by atoms with Crippen molar-refractivity contribution >= 4 is 11.8 Å². The van der Waals surface area contributed by atoms with Gasteiger partial charge in [0.1, 0.15) is 5.75 Å². The van der Waals surface area contributed by atoms with Crippen molar-refractivity contribution in [2.75, 3.05) is 26.7 Å². The number of amides is 2. The zero-order valence-electron chi connectivity index (χ0n) is 16.2. The molecule has 28 heavy (non-hydrogen) atoms. The third kappa shape index (κ3) is 5.33. The average molecular weight is 381 g/mol. The SMILES string of the molecule is COc1ccccc1CCNC(=O)CC1C(=O)NCCN1Cc1ccccc1. The normalized spacial score (nSPS) is 17.0. The number of carbonyl (C=O) groups excluding carboxylic acids is 2. The Morgan fingerprint density at radius 1 is 1.18 bits per heavy atom. The molecule has 1 fully saturated rings. The van der Waals surface area contributed by atoms with Crippen LogP contribution >= 0.6 is 0 Å². The summed E-state index contributed by atoms with van der Waals surface area (Å²) in [5, 5.41) is 5.81. The Kier molecular flexibility index (Phi) is 7.03. The number of carbonyl (C=O) groups is 2. The van der Waals surface area contributed by atoms with E-state index in [2.05, 4.69) is 15.5 Å². The second-order valence-corrected chi connectivity index (χ2v) is 6.88. The molecule has 1 atom stereocenters. The van der Waals surface area contributed by atoms with Crippen LogP contribution in [-0.4, -0.2) is 49.5 Å². The van der Waals surface area contributed by atoms with Gasteiger partial charge >= 0.3 is 0 Å². The minimum atomic E-state index is -0.444. The van der Waals surface area contributed by atoms with Gasteiger partial charge in [-0.25, -0.2) is 0 Å². The van der Waals surface area contributed by atoms with E-state index in [-0.39, 0.29) is 18.2 Å². The molecule has 2 N–H and O–H groups in total. The number of nitrogens with one attached hydrogen (secondary N) is 2. The van der Waals surface area contributed by atoms with Crippen LogP contribution in [0.1, 0.15) is 17.5 Å². The topological polar surface area (TPSA) is 70.7 Å².